The topological polar surface area (TPSA) is 101 Å². The van der Waals surface area contributed by atoms with Gasteiger partial charge in [0.25, 0.3) is 0 Å². The van der Waals surface area contributed by atoms with E-state index in [1.807, 2.05) is 0 Å². The molecule has 4 N–H and O–H groups in total. The summed E-state index contributed by atoms with van der Waals surface area (Å²) < 4.78 is 40.2. The number of hydrogen-bond donors (Lipinski definition) is 3. The van der Waals surface area contributed by atoms with Gasteiger partial charge in [-0.2, -0.15) is 0 Å². The fraction of sp³-hybridized carbons (Fsp3) is 0.364. The molecule has 1 aliphatic heterocycles. The molecule has 0 spiro atoms. The van der Waals surface area contributed by atoms with Gasteiger partial charge in [0.2, 0.25) is 15.9 Å². The monoisotopic (exact) mass is 287 g/mol. The molecular formula is C11H14FN3O3S. The molecule has 8 heteroatoms. The summed E-state index contributed by atoms with van der Waals surface area (Å²) in [5.41, 5.74) is 5.32. The minimum absolute atomic E-state index is 0.0627. The van der Waals surface area contributed by atoms with Gasteiger partial charge in [-0.25, -0.2) is 17.5 Å². The molecule has 1 aromatic carbocycles. The van der Waals surface area contributed by atoms with Crippen molar-refractivity contribution in [2.45, 2.75) is 23.9 Å². The minimum Gasteiger partial charge on any atom is -0.354 e. The summed E-state index contributed by atoms with van der Waals surface area (Å²) in [4.78, 5) is 10.8. The lowest BCUT2D eigenvalue weighted by Crippen LogP contribution is -2.36. The lowest BCUT2D eigenvalue weighted by atomic mass is 10.2. The van der Waals surface area contributed by atoms with Crippen LogP contribution in [0.25, 0.3) is 0 Å². The van der Waals surface area contributed by atoms with Gasteiger partial charge in [-0.3, -0.25) is 4.79 Å². The molecule has 0 radical (unpaired) electrons. The van der Waals surface area contributed by atoms with Crippen molar-refractivity contribution in [3.05, 3.63) is 29.6 Å². The summed E-state index contributed by atoms with van der Waals surface area (Å²) in [5, 5.41) is 2.52. The van der Waals surface area contributed by atoms with Gasteiger partial charge >= 0.3 is 0 Å². The van der Waals surface area contributed by atoms with Crippen LogP contribution in [0.2, 0.25) is 0 Å². The Hall–Kier alpha value is -1.51. The number of amides is 1. The summed E-state index contributed by atoms with van der Waals surface area (Å²) in [6.07, 6.45) is 0.0759. The number of benzene rings is 1. The Morgan fingerprint density at radius 1 is 1.47 bits per heavy atom. The molecule has 1 aromatic rings. The second kappa shape index (κ2) is 5.24. The molecule has 1 heterocycles. The fourth-order valence-electron chi connectivity index (χ4n) is 1.96. The molecule has 19 heavy (non-hydrogen) atoms. The van der Waals surface area contributed by atoms with Crippen molar-refractivity contribution in [2.24, 2.45) is 5.73 Å². The van der Waals surface area contributed by atoms with Crippen molar-refractivity contribution in [3.63, 3.8) is 0 Å². The van der Waals surface area contributed by atoms with E-state index in [2.05, 4.69) is 10.0 Å². The Bertz CT molecular complexity index is 603. The third kappa shape index (κ3) is 2.91. The highest BCUT2D eigenvalue weighted by Crippen LogP contribution is 2.19. The van der Waals surface area contributed by atoms with Gasteiger partial charge < -0.3 is 11.1 Å². The average Bonchev–Trinajstić information content (AvgIpc) is 2.73. The molecule has 1 saturated heterocycles. The molecule has 0 aromatic heterocycles. The van der Waals surface area contributed by atoms with Crippen LogP contribution in [0.15, 0.2) is 23.1 Å². The van der Waals surface area contributed by atoms with Gasteiger partial charge in [-0.05, 0) is 12.1 Å². The van der Waals surface area contributed by atoms with Gasteiger partial charge in [0.05, 0.1) is 4.90 Å². The second-order valence-electron chi connectivity index (χ2n) is 4.25. The van der Waals surface area contributed by atoms with Crippen molar-refractivity contribution >= 4 is 15.9 Å². The first kappa shape index (κ1) is 13.9. The zero-order chi connectivity index (χ0) is 14.0. The van der Waals surface area contributed by atoms with E-state index in [1.165, 1.54) is 12.1 Å². The van der Waals surface area contributed by atoms with E-state index in [9.17, 15) is 17.6 Å². The first-order chi connectivity index (χ1) is 8.94. The van der Waals surface area contributed by atoms with Crippen LogP contribution in [0.4, 0.5) is 4.39 Å². The van der Waals surface area contributed by atoms with Crippen LogP contribution in [0, 0.1) is 5.82 Å². The van der Waals surface area contributed by atoms with Gasteiger partial charge in [0.1, 0.15) is 5.82 Å². The molecule has 1 aliphatic rings. The molecular weight excluding hydrogens is 273 g/mol. The smallest absolute Gasteiger partial charge is 0.241 e. The highest BCUT2D eigenvalue weighted by Gasteiger charge is 2.28. The SMILES string of the molecule is NCc1c(F)cccc1S(=O)(=O)NC1CNC(=O)C1. The van der Waals surface area contributed by atoms with Gasteiger partial charge in [-0.15, -0.1) is 0 Å². The lowest BCUT2D eigenvalue weighted by molar-refractivity contribution is -0.119. The Morgan fingerprint density at radius 3 is 2.79 bits per heavy atom. The number of nitrogens with one attached hydrogen (secondary N) is 2. The Labute approximate surface area is 110 Å². The predicted octanol–water partition coefficient (Wildman–Crippen LogP) is -0.549. The maximum atomic E-state index is 13.5. The number of hydrogen-bond acceptors (Lipinski definition) is 4. The standard InChI is InChI=1S/C11H14FN3O3S/c12-9-2-1-3-10(8(9)5-13)19(17,18)15-7-4-11(16)14-6-7/h1-3,7,15H,4-6,13H2,(H,14,16). The van der Waals surface area contributed by atoms with E-state index >= 15 is 0 Å². The van der Waals surface area contributed by atoms with Crippen molar-refractivity contribution in [3.8, 4) is 0 Å². The molecule has 0 saturated carbocycles. The van der Waals surface area contributed by atoms with Crippen LogP contribution in [-0.2, 0) is 21.4 Å². The second-order valence-corrected chi connectivity index (χ2v) is 5.93. The van der Waals surface area contributed by atoms with E-state index in [1.54, 1.807) is 0 Å². The summed E-state index contributed by atoms with van der Waals surface area (Å²) in [5.74, 6) is -0.878. The van der Waals surface area contributed by atoms with E-state index in [0.29, 0.717) is 0 Å². The Kier molecular flexibility index (Phi) is 3.83. The van der Waals surface area contributed by atoms with Crippen molar-refractivity contribution < 1.29 is 17.6 Å². The molecule has 0 aliphatic carbocycles. The summed E-state index contributed by atoms with van der Waals surface area (Å²) in [7, 11) is -3.89. The molecule has 104 valence electrons. The molecule has 1 atom stereocenters. The largest absolute Gasteiger partial charge is 0.354 e. The van der Waals surface area contributed by atoms with E-state index in [-0.39, 0.29) is 35.9 Å². The summed E-state index contributed by atoms with van der Waals surface area (Å²) in [6.45, 7) is 0.0100. The quantitative estimate of drug-likeness (QED) is 0.691. The Balaban J connectivity index is 2.29. The zero-order valence-electron chi connectivity index (χ0n) is 10.0. The maximum absolute atomic E-state index is 13.5. The van der Waals surface area contributed by atoms with E-state index in [4.69, 9.17) is 5.73 Å². The van der Waals surface area contributed by atoms with E-state index in [0.717, 1.165) is 6.07 Å². The first-order valence-electron chi connectivity index (χ1n) is 5.70. The average molecular weight is 287 g/mol. The molecule has 1 fully saturated rings. The van der Waals surface area contributed by atoms with Crippen LogP contribution >= 0.6 is 0 Å². The number of halogens is 1. The number of sulfonamides is 1. The molecule has 1 unspecified atom stereocenters. The van der Waals surface area contributed by atoms with Crippen molar-refractivity contribution in [2.75, 3.05) is 6.54 Å². The van der Waals surface area contributed by atoms with Crippen LogP contribution in [-0.4, -0.2) is 26.9 Å². The molecule has 6 nitrogen and oxygen atoms in total. The molecule has 0 bridgehead atoms. The Morgan fingerprint density at radius 2 is 2.21 bits per heavy atom. The van der Waals surface area contributed by atoms with Gasteiger partial charge in [0, 0.05) is 31.1 Å². The van der Waals surface area contributed by atoms with Gasteiger partial charge in [0.15, 0.2) is 0 Å². The fourth-order valence-corrected chi connectivity index (χ4v) is 3.46. The van der Waals surface area contributed by atoms with Crippen molar-refractivity contribution in [1.82, 2.24) is 10.0 Å². The zero-order valence-corrected chi connectivity index (χ0v) is 10.8. The minimum atomic E-state index is -3.89. The number of carbonyl (C=O) groups excluding carboxylic acids is 1. The van der Waals surface area contributed by atoms with Crippen LogP contribution in [0.1, 0.15) is 12.0 Å². The predicted molar refractivity (Wildman–Crippen MR) is 66.0 cm³/mol. The van der Waals surface area contributed by atoms with Gasteiger partial charge in [-0.1, -0.05) is 6.07 Å². The van der Waals surface area contributed by atoms with Crippen LogP contribution < -0.4 is 15.8 Å². The lowest BCUT2D eigenvalue weighted by Gasteiger charge is -2.14. The normalized spacial score (nSPS) is 19.5. The molecule has 1 amide bonds. The first-order valence-corrected chi connectivity index (χ1v) is 7.19. The van der Waals surface area contributed by atoms with Crippen LogP contribution in [0.5, 0.6) is 0 Å². The number of nitrogens with two attached hydrogens (primary N) is 1. The molecule has 2 rings (SSSR count). The highest BCUT2D eigenvalue weighted by atomic mass is 32.2. The third-order valence-corrected chi connectivity index (χ3v) is 4.47. The number of rotatable bonds is 4. The highest BCUT2D eigenvalue weighted by molar-refractivity contribution is 7.89. The third-order valence-electron chi connectivity index (χ3n) is 2.87. The summed E-state index contributed by atoms with van der Waals surface area (Å²) >= 11 is 0. The maximum Gasteiger partial charge on any atom is 0.241 e. The summed E-state index contributed by atoms with van der Waals surface area (Å²) in [6, 6.07) is 3.23. The van der Waals surface area contributed by atoms with E-state index < -0.39 is 21.9 Å². The van der Waals surface area contributed by atoms with Crippen molar-refractivity contribution in [1.29, 1.82) is 0 Å². The number of carbonyl (C=O) groups is 1. The van der Waals surface area contributed by atoms with Crippen LogP contribution in [0.3, 0.4) is 0 Å².